The van der Waals surface area contributed by atoms with Crippen LogP contribution in [0.15, 0.2) is 18.2 Å². The Hall–Kier alpha value is -1.53. The summed E-state index contributed by atoms with van der Waals surface area (Å²) in [4.78, 5) is 5.64. The Morgan fingerprint density at radius 3 is 2.84 bits per heavy atom. The van der Waals surface area contributed by atoms with Crippen LogP contribution in [0, 0.1) is 12.7 Å². The second-order valence-electron chi connectivity index (χ2n) is 4.03. The average Bonchev–Trinajstić information content (AvgIpc) is 2.69. The second kappa shape index (κ2) is 5.63. The number of aromatic nitrogens is 1. The molecule has 0 unspecified atom stereocenters. The monoisotopic (exact) mass is 295 g/mol. The van der Waals surface area contributed by atoms with Crippen molar-refractivity contribution in [3.63, 3.8) is 0 Å². The van der Waals surface area contributed by atoms with Crippen LogP contribution in [0.25, 0.3) is 0 Å². The third kappa shape index (κ3) is 2.90. The maximum atomic E-state index is 13.7. The number of hydrogen-bond acceptors (Lipinski definition) is 4. The van der Waals surface area contributed by atoms with E-state index in [4.69, 9.17) is 18.0 Å². The number of nitrogens with zero attached hydrogens (tertiary/aromatic N) is 1. The number of thiocarbonyl (C=S) groups is 1. The highest BCUT2D eigenvalue weighted by atomic mass is 32.1. The highest BCUT2D eigenvalue weighted by Crippen LogP contribution is 2.28. The molecule has 1 aromatic heterocycles. The Balaban J connectivity index is 2.37. The maximum absolute atomic E-state index is 13.7. The van der Waals surface area contributed by atoms with E-state index in [1.807, 2.05) is 6.92 Å². The van der Waals surface area contributed by atoms with Gasteiger partial charge in [-0.05, 0) is 25.5 Å². The minimum atomic E-state index is -0.429. The van der Waals surface area contributed by atoms with Gasteiger partial charge in [-0.25, -0.2) is 9.37 Å². The molecule has 0 atom stereocenters. The first-order chi connectivity index (χ1) is 9.02. The molecule has 1 heterocycles. The van der Waals surface area contributed by atoms with E-state index in [1.54, 1.807) is 12.1 Å². The number of rotatable bonds is 4. The van der Waals surface area contributed by atoms with Crippen molar-refractivity contribution in [2.75, 3.05) is 5.32 Å². The molecule has 19 heavy (non-hydrogen) atoms. The fourth-order valence-corrected chi connectivity index (χ4v) is 2.93. The first kappa shape index (κ1) is 13.9. The number of anilines is 2. The molecule has 0 bridgehead atoms. The van der Waals surface area contributed by atoms with Gasteiger partial charge in [0.15, 0.2) is 5.13 Å². The predicted octanol–water partition coefficient (Wildman–Crippen LogP) is 3.53. The molecule has 3 nitrogen and oxygen atoms in total. The molecule has 100 valence electrons. The average molecular weight is 295 g/mol. The molecule has 0 aliphatic rings. The Morgan fingerprint density at radius 1 is 1.53 bits per heavy atom. The zero-order valence-corrected chi connectivity index (χ0v) is 12.3. The molecule has 0 radical (unpaired) electrons. The van der Waals surface area contributed by atoms with Crippen molar-refractivity contribution in [1.82, 2.24) is 4.98 Å². The van der Waals surface area contributed by atoms with Crippen LogP contribution in [-0.4, -0.2) is 9.97 Å². The van der Waals surface area contributed by atoms with Gasteiger partial charge in [0.1, 0.15) is 10.8 Å². The lowest BCUT2D eigenvalue weighted by molar-refractivity contribution is 0.626. The predicted molar refractivity (Wildman–Crippen MR) is 81.8 cm³/mol. The molecule has 0 aliphatic carbocycles. The first-order valence-corrected chi connectivity index (χ1v) is 7.07. The lowest BCUT2D eigenvalue weighted by Crippen LogP contribution is -2.14. The summed E-state index contributed by atoms with van der Waals surface area (Å²) in [6.07, 6.45) is 0.870. The van der Waals surface area contributed by atoms with Gasteiger partial charge in [-0.2, -0.15) is 0 Å². The van der Waals surface area contributed by atoms with Gasteiger partial charge in [0.25, 0.3) is 0 Å². The van der Waals surface area contributed by atoms with Gasteiger partial charge in [-0.1, -0.05) is 25.2 Å². The molecule has 2 rings (SSSR count). The molecular formula is C13H14FN3S2. The number of thiazole rings is 1. The second-order valence-corrected chi connectivity index (χ2v) is 5.67. The molecule has 0 spiro atoms. The molecular weight excluding hydrogens is 281 g/mol. The summed E-state index contributed by atoms with van der Waals surface area (Å²) in [5.41, 5.74) is 7.38. The van der Waals surface area contributed by atoms with Crippen LogP contribution in [0.3, 0.4) is 0 Å². The third-order valence-electron chi connectivity index (χ3n) is 2.73. The molecule has 0 fully saturated rings. The van der Waals surface area contributed by atoms with Crippen molar-refractivity contribution in [3.05, 3.63) is 40.2 Å². The fourth-order valence-electron chi connectivity index (χ4n) is 1.80. The van der Waals surface area contributed by atoms with Crippen molar-refractivity contribution in [2.24, 2.45) is 5.73 Å². The van der Waals surface area contributed by atoms with E-state index in [2.05, 4.69) is 17.2 Å². The third-order valence-corrected chi connectivity index (χ3v) is 3.86. The number of hydrogen-bond donors (Lipinski definition) is 2. The summed E-state index contributed by atoms with van der Waals surface area (Å²) >= 11 is 6.42. The number of aryl methyl sites for hydroxylation is 2. The fraction of sp³-hybridized carbons (Fsp3) is 0.231. The van der Waals surface area contributed by atoms with Crippen LogP contribution < -0.4 is 11.1 Å². The molecule has 0 saturated carbocycles. The normalized spacial score (nSPS) is 10.5. The Labute approximate surface area is 120 Å². The molecule has 1 aromatic carbocycles. The van der Waals surface area contributed by atoms with E-state index in [-0.39, 0.29) is 10.6 Å². The molecule has 3 N–H and O–H groups in total. The molecule has 0 aliphatic heterocycles. The summed E-state index contributed by atoms with van der Waals surface area (Å²) < 4.78 is 13.7. The van der Waals surface area contributed by atoms with Crippen molar-refractivity contribution in [2.45, 2.75) is 20.3 Å². The van der Waals surface area contributed by atoms with Gasteiger partial charge >= 0.3 is 0 Å². The topological polar surface area (TPSA) is 50.9 Å². The summed E-state index contributed by atoms with van der Waals surface area (Å²) in [6.45, 7) is 4.07. The van der Waals surface area contributed by atoms with Gasteiger partial charge < -0.3 is 11.1 Å². The standard InChI is InChI=1S/C13H14FN3S2/c1-3-9-7(2)19-13(16-9)17-10-6-4-5-8(14)11(10)12(15)18/h4-6H,3H2,1-2H3,(H2,15,18)(H,16,17). The molecule has 2 aromatic rings. The van der Waals surface area contributed by atoms with Gasteiger partial charge in [0.2, 0.25) is 0 Å². The van der Waals surface area contributed by atoms with E-state index in [0.717, 1.165) is 22.1 Å². The summed E-state index contributed by atoms with van der Waals surface area (Å²) in [5, 5.41) is 3.81. The quantitative estimate of drug-likeness (QED) is 0.847. The van der Waals surface area contributed by atoms with E-state index >= 15 is 0 Å². The van der Waals surface area contributed by atoms with Gasteiger partial charge in [-0.15, -0.1) is 11.3 Å². The zero-order valence-electron chi connectivity index (χ0n) is 10.7. The molecule has 0 amide bonds. The lowest BCUT2D eigenvalue weighted by atomic mass is 10.1. The highest BCUT2D eigenvalue weighted by Gasteiger charge is 2.13. The van der Waals surface area contributed by atoms with Crippen molar-refractivity contribution < 1.29 is 4.39 Å². The minimum Gasteiger partial charge on any atom is -0.389 e. The SMILES string of the molecule is CCc1nc(Nc2cccc(F)c2C(N)=S)sc1C. The van der Waals surface area contributed by atoms with E-state index in [1.165, 1.54) is 17.4 Å². The number of nitrogens with two attached hydrogens (primary N) is 1. The Bertz CT molecular complexity index is 622. The van der Waals surface area contributed by atoms with Crippen LogP contribution in [0.5, 0.6) is 0 Å². The Kier molecular flexibility index (Phi) is 4.11. The number of benzene rings is 1. The van der Waals surface area contributed by atoms with Crippen LogP contribution in [-0.2, 0) is 6.42 Å². The largest absolute Gasteiger partial charge is 0.389 e. The van der Waals surface area contributed by atoms with E-state index < -0.39 is 5.82 Å². The van der Waals surface area contributed by atoms with Crippen molar-refractivity contribution in [1.29, 1.82) is 0 Å². The summed E-state index contributed by atoms with van der Waals surface area (Å²) in [6, 6.07) is 4.69. The zero-order chi connectivity index (χ0) is 14.0. The van der Waals surface area contributed by atoms with Gasteiger partial charge in [0.05, 0.1) is 16.9 Å². The highest BCUT2D eigenvalue weighted by molar-refractivity contribution is 7.80. The first-order valence-electron chi connectivity index (χ1n) is 5.84. The summed E-state index contributed by atoms with van der Waals surface area (Å²) in [5.74, 6) is -0.429. The smallest absolute Gasteiger partial charge is 0.187 e. The van der Waals surface area contributed by atoms with Crippen LogP contribution >= 0.6 is 23.6 Å². The van der Waals surface area contributed by atoms with Crippen LogP contribution in [0.2, 0.25) is 0 Å². The summed E-state index contributed by atoms with van der Waals surface area (Å²) in [7, 11) is 0. The molecule has 0 saturated heterocycles. The van der Waals surface area contributed by atoms with Gasteiger partial charge in [0, 0.05) is 4.88 Å². The van der Waals surface area contributed by atoms with E-state index in [0.29, 0.717) is 5.69 Å². The van der Waals surface area contributed by atoms with Crippen molar-refractivity contribution in [3.8, 4) is 0 Å². The number of nitrogens with one attached hydrogen (secondary N) is 1. The lowest BCUT2D eigenvalue weighted by Gasteiger charge is -2.09. The van der Waals surface area contributed by atoms with E-state index in [9.17, 15) is 4.39 Å². The minimum absolute atomic E-state index is 0.0320. The van der Waals surface area contributed by atoms with Crippen molar-refractivity contribution >= 4 is 39.4 Å². The number of halogens is 1. The van der Waals surface area contributed by atoms with Crippen LogP contribution in [0.1, 0.15) is 23.1 Å². The van der Waals surface area contributed by atoms with Crippen LogP contribution in [0.4, 0.5) is 15.2 Å². The maximum Gasteiger partial charge on any atom is 0.187 e. The van der Waals surface area contributed by atoms with Gasteiger partial charge in [-0.3, -0.25) is 0 Å². The molecule has 6 heteroatoms. The Morgan fingerprint density at radius 2 is 2.26 bits per heavy atom.